The second-order valence-electron chi connectivity index (χ2n) is 5.65. The molecule has 1 fully saturated rings. The maximum absolute atomic E-state index is 13.7. The fourth-order valence-electron chi connectivity index (χ4n) is 2.90. The second kappa shape index (κ2) is 4.13. The highest BCUT2D eigenvalue weighted by Gasteiger charge is 2.27. The molecule has 0 N–H and O–H groups in total. The molecule has 1 heterocycles. The summed E-state index contributed by atoms with van der Waals surface area (Å²) in [6, 6.07) is 5.50. The number of fused-ring (bicyclic) bond motifs is 3. The quantitative estimate of drug-likeness (QED) is 0.663. The Hall–Kier alpha value is -2.23. The Morgan fingerprint density at radius 3 is 2.33 bits per heavy atom. The van der Waals surface area contributed by atoms with Crippen LogP contribution in [0.15, 0.2) is 33.5 Å². The van der Waals surface area contributed by atoms with Crippen LogP contribution >= 0.6 is 0 Å². The zero-order chi connectivity index (χ0) is 14.7. The molecular formula is C17H12F2O2. The highest BCUT2D eigenvalue weighted by molar-refractivity contribution is 6.04. The third-order valence-electron chi connectivity index (χ3n) is 4.04. The minimum absolute atomic E-state index is 0.166. The zero-order valence-electron chi connectivity index (χ0n) is 11.4. The van der Waals surface area contributed by atoms with E-state index in [4.69, 9.17) is 4.42 Å². The second-order valence-corrected chi connectivity index (χ2v) is 5.65. The summed E-state index contributed by atoms with van der Waals surface area (Å²) < 4.78 is 32.9. The molecule has 1 saturated carbocycles. The molecule has 0 aliphatic heterocycles. The Kier molecular flexibility index (Phi) is 2.46. The van der Waals surface area contributed by atoms with Gasteiger partial charge >= 0.3 is 0 Å². The van der Waals surface area contributed by atoms with Gasteiger partial charge in [-0.3, -0.25) is 4.79 Å². The van der Waals surface area contributed by atoms with Crippen LogP contribution in [0.5, 0.6) is 0 Å². The van der Waals surface area contributed by atoms with Crippen molar-refractivity contribution in [3.8, 4) is 0 Å². The molecule has 0 amide bonds. The number of furan rings is 1. The van der Waals surface area contributed by atoms with Gasteiger partial charge in [-0.2, -0.15) is 0 Å². The van der Waals surface area contributed by atoms with Gasteiger partial charge in [0.15, 0.2) is 17.1 Å². The van der Waals surface area contributed by atoms with Gasteiger partial charge in [0.2, 0.25) is 0 Å². The lowest BCUT2D eigenvalue weighted by molar-refractivity contribution is 0.510. The molecule has 1 aromatic heterocycles. The van der Waals surface area contributed by atoms with E-state index in [-0.39, 0.29) is 11.3 Å². The molecular weight excluding hydrogens is 274 g/mol. The fraction of sp³-hybridized carbons (Fsp3) is 0.235. The minimum atomic E-state index is -0.932. The predicted molar refractivity (Wildman–Crippen MR) is 76.6 cm³/mol. The van der Waals surface area contributed by atoms with Crippen LogP contribution in [0.2, 0.25) is 0 Å². The number of halogens is 2. The molecule has 1 aliphatic carbocycles. The van der Waals surface area contributed by atoms with Gasteiger partial charge in [-0.15, -0.1) is 0 Å². The first-order valence-electron chi connectivity index (χ1n) is 6.90. The summed E-state index contributed by atoms with van der Waals surface area (Å²) in [7, 11) is 0. The summed E-state index contributed by atoms with van der Waals surface area (Å²) in [5.41, 5.74) is 0.956. The van der Waals surface area contributed by atoms with Crippen LogP contribution in [0.4, 0.5) is 8.78 Å². The van der Waals surface area contributed by atoms with E-state index in [9.17, 15) is 13.6 Å². The number of aryl methyl sites for hydroxylation is 1. The molecule has 0 unspecified atom stereocenters. The van der Waals surface area contributed by atoms with Gasteiger partial charge in [0.1, 0.15) is 11.3 Å². The minimum Gasteiger partial charge on any atom is -0.461 e. The van der Waals surface area contributed by atoms with E-state index >= 15 is 0 Å². The number of hydrogen-bond acceptors (Lipinski definition) is 2. The molecule has 2 nitrogen and oxygen atoms in total. The topological polar surface area (TPSA) is 30.2 Å². The molecule has 0 bridgehead atoms. The van der Waals surface area contributed by atoms with Gasteiger partial charge in [0.05, 0.1) is 5.39 Å². The first kappa shape index (κ1) is 12.5. The summed E-state index contributed by atoms with van der Waals surface area (Å²) in [6.07, 6.45) is 1.94. The number of benzene rings is 1. The van der Waals surface area contributed by atoms with E-state index in [1.807, 2.05) is 0 Å². The molecule has 2 aromatic carbocycles. The lowest BCUT2D eigenvalue weighted by atomic mass is 10.0. The lowest BCUT2D eigenvalue weighted by Crippen LogP contribution is -1.95. The molecule has 106 valence electrons. The zero-order valence-corrected chi connectivity index (χ0v) is 11.4. The van der Waals surface area contributed by atoms with E-state index in [0.717, 1.165) is 24.5 Å². The Morgan fingerprint density at radius 2 is 1.67 bits per heavy atom. The summed E-state index contributed by atoms with van der Waals surface area (Å²) in [5, 5.41) is 1.44. The third kappa shape index (κ3) is 1.86. The van der Waals surface area contributed by atoms with Crippen molar-refractivity contribution >= 4 is 21.7 Å². The molecule has 0 atom stereocenters. The Labute approximate surface area is 119 Å². The number of rotatable bonds is 1. The monoisotopic (exact) mass is 286 g/mol. The predicted octanol–water partition coefficient (Wildman–Crippen LogP) is 4.41. The van der Waals surface area contributed by atoms with Crippen molar-refractivity contribution in [2.45, 2.75) is 25.7 Å². The van der Waals surface area contributed by atoms with Crippen molar-refractivity contribution in [1.29, 1.82) is 0 Å². The maximum atomic E-state index is 13.7. The molecule has 0 saturated heterocycles. The van der Waals surface area contributed by atoms with Crippen LogP contribution in [0.3, 0.4) is 0 Å². The molecule has 4 heteroatoms. The fourth-order valence-corrected chi connectivity index (χ4v) is 2.90. The lowest BCUT2D eigenvalue weighted by Gasteiger charge is -2.02. The molecule has 0 radical (unpaired) electrons. The van der Waals surface area contributed by atoms with Gasteiger partial charge in [-0.05, 0) is 60.9 Å². The van der Waals surface area contributed by atoms with Crippen LogP contribution < -0.4 is 5.43 Å². The normalized spacial score (nSPS) is 15.0. The Bertz CT molecular complexity index is 953. The van der Waals surface area contributed by atoms with Crippen molar-refractivity contribution in [1.82, 2.24) is 0 Å². The van der Waals surface area contributed by atoms with Gasteiger partial charge in [-0.1, -0.05) is 0 Å². The van der Waals surface area contributed by atoms with Crippen LogP contribution in [-0.4, -0.2) is 0 Å². The number of hydrogen-bond donors (Lipinski definition) is 0. The highest BCUT2D eigenvalue weighted by Crippen LogP contribution is 2.43. The van der Waals surface area contributed by atoms with Crippen LogP contribution in [-0.2, 0) is 0 Å². The van der Waals surface area contributed by atoms with Gasteiger partial charge in [0, 0.05) is 5.39 Å². The van der Waals surface area contributed by atoms with Crippen molar-refractivity contribution < 1.29 is 13.2 Å². The van der Waals surface area contributed by atoms with Crippen molar-refractivity contribution in [2.75, 3.05) is 0 Å². The maximum Gasteiger partial charge on any atom is 0.190 e. The van der Waals surface area contributed by atoms with Crippen LogP contribution in [0, 0.1) is 18.6 Å². The van der Waals surface area contributed by atoms with E-state index in [1.165, 1.54) is 6.07 Å². The molecule has 3 aromatic rings. The largest absolute Gasteiger partial charge is 0.461 e. The van der Waals surface area contributed by atoms with E-state index in [0.29, 0.717) is 27.5 Å². The van der Waals surface area contributed by atoms with Gasteiger partial charge < -0.3 is 4.42 Å². The van der Waals surface area contributed by atoms with Crippen molar-refractivity contribution in [3.63, 3.8) is 0 Å². The van der Waals surface area contributed by atoms with Crippen LogP contribution in [0.1, 0.15) is 30.1 Å². The van der Waals surface area contributed by atoms with E-state index in [1.54, 1.807) is 19.1 Å². The smallest absolute Gasteiger partial charge is 0.190 e. The molecule has 21 heavy (non-hydrogen) atoms. The van der Waals surface area contributed by atoms with Crippen LogP contribution in [0.25, 0.3) is 21.7 Å². The van der Waals surface area contributed by atoms with Crippen molar-refractivity contribution in [2.24, 2.45) is 0 Å². The van der Waals surface area contributed by atoms with Gasteiger partial charge in [-0.25, -0.2) is 8.78 Å². The average Bonchev–Trinajstić information content (AvgIpc) is 3.21. The summed E-state index contributed by atoms with van der Waals surface area (Å²) in [6.45, 7) is 1.73. The standard InChI is InChI=1S/C17H12F2O2/c1-8-4-13-16(20)7-10(9-2-3-9)11-5-14(18)15(19)6-12(11)17(13)21-8/h4-7,9H,2-3H2,1H3. The molecule has 4 rings (SSSR count). The third-order valence-corrected chi connectivity index (χ3v) is 4.04. The average molecular weight is 286 g/mol. The van der Waals surface area contributed by atoms with E-state index in [2.05, 4.69) is 0 Å². The summed E-state index contributed by atoms with van der Waals surface area (Å²) >= 11 is 0. The first-order valence-corrected chi connectivity index (χ1v) is 6.90. The van der Waals surface area contributed by atoms with Gasteiger partial charge in [0.25, 0.3) is 0 Å². The summed E-state index contributed by atoms with van der Waals surface area (Å²) in [5.74, 6) is -1.01. The first-order chi connectivity index (χ1) is 10.0. The Balaban J connectivity index is 2.31. The highest BCUT2D eigenvalue weighted by atomic mass is 19.2. The molecule has 0 spiro atoms. The summed E-state index contributed by atoms with van der Waals surface area (Å²) in [4.78, 5) is 12.4. The molecule has 1 aliphatic rings. The van der Waals surface area contributed by atoms with E-state index < -0.39 is 11.6 Å². The Morgan fingerprint density at radius 1 is 1.00 bits per heavy atom. The van der Waals surface area contributed by atoms with Crippen molar-refractivity contribution in [3.05, 3.63) is 57.4 Å². The SMILES string of the molecule is Cc1cc2c(=O)cc(C3CC3)c3cc(F)c(F)cc3c2o1.